The van der Waals surface area contributed by atoms with Gasteiger partial charge < -0.3 is 10.1 Å². The molecule has 0 spiro atoms. The van der Waals surface area contributed by atoms with Crippen molar-refractivity contribution in [1.82, 2.24) is 10.3 Å². The maximum atomic E-state index is 12.7. The van der Waals surface area contributed by atoms with Crippen molar-refractivity contribution in [2.45, 2.75) is 0 Å². The van der Waals surface area contributed by atoms with Crippen molar-refractivity contribution < 1.29 is 18.7 Å². The Hall–Kier alpha value is -2.76. The number of carbonyl (C=O) groups is 2. The van der Waals surface area contributed by atoms with Crippen molar-refractivity contribution in [2.75, 3.05) is 13.2 Å². The molecule has 108 valence electrons. The van der Waals surface area contributed by atoms with Crippen molar-refractivity contribution in [3.63, 3.8) is 0 Å². The second-order valence-electron chi connectivity index (χ2n) is 4.14. The predicted molar refractivity (Wildman–Crippen MR) is 73.3 cm³/mol. The van der Waals surface area contributed by atoms with Crippen LogP contribution in [0.2, 0.25) is 0 Å². The second-order valence-corrected chi connectivity index (χ2v) is 4.14. The lowest BCUT2D eigenvalue weighted by molar-refractivity contribution is 0.0502. The lowest BCUT2D eigenvalue weighted by atomic mass is 10.2. The van der Waals surface area contributed by atoms with E-state index in [0.717, 1.165) is 0 Å². The van der Waals surface area contributed by atoms with Crippen LogP contribution in [0.15, 0.2) is 48.8 Å². The van der Waals surface area contributed by atoms with Gasteiger partial charge in [0.1, 0.15) is 12.4 Å². The summed E-state index contributed by atoms with van der Waals surface area (Å²) in [4.78, 5) is 27.1. The molecule has 6 heteroatoms. The molecule has 0 radical (unpaired) electrons. The molecule has 1 aromatic carbocycles. The fourth-order valence-corrected chi connectivity index (χ4v) is 1.58. The summed E-state index contributed by atoms with van der Waals surface area (Å²) in [5.74, 6) is -1.26. The molecule has 1 N–H and O–H groups in total. The second kappa shape index (κ2) is 7.14. The average molecular weight is 288 g/mol. The van der Waals surface area contributed by atoms with Crippen LogP contribution in [-0.4, -0.2) is 30.0 Å². The molecular formula is C15H13FN2O3. The molecule has 1 aromatic heterocycles. The first-order valence-corrected chi connectivity index (χ1v) is 6.28. The zero-order chi connectivity index (χ0) is 15.1. The van der Waals surface area contributed by atoms with Gasteiger partial charge in [0, 0.05) is 18.0 Å². The summed E-state index contributed by atoms with van der Waals surface area (Å²) < 4.78 is 17.7. The summed E-state index contributed by atoms with van der Waals surface area (Å²) >= 11 is 0. The highest BCUT2D eigenvalue weighted by Crippen LogP contribution is 2.02. The number of rotatable bonds is 5. The molecule has 0 aliphatic carbocycles. The van der Waals surface area contributed by atoms with E-state index in [-0.39, 0.29) is 19.1 Å². The molecule has 0 saturated heterocycles. The van der Waals surface area contributed by atoms with Crippen molar-refractivity contribution in [2.24, 2.45) is 0 Å². The van der Waals surface area contributed by atoms with Crippen LogP contribution < -0.4 is 5.32 Å². The molecule has 0 aliphatic rings. The van der Waals surface area contributed by atoms with Gasteiger partial charge in [-0.2, -0.15) is 0 Å². The molecule has 21 heavy (non-hydrogen) atoms. The number of nitrogens with zero attached hydrogens (tertiary/aromatic N) is 1. The molecule has 1 amide bonds. The van der Waals surface area contributed by atoms with Crippen molar-refractivity contribution in [3.8, 4) is 0 Å². The summed E-state index contributed by atoms with van der Waals surface area (Å²) in [5.41, 5.74) is 0.692. The number of carbonyl (C=O) groups excluding carboxylic acids is 2. The van der Waals surface area contributed by atoms with E-state index in [9.17, 15) is 14.0 Å². The molecule has 0 fully saturated rings. The Morgan fingerprint density at radius 1 is 1.14 bits per heavy atom. The summed E-state index contributed by atoms with van der Waals surface area (Å²) in [6, 6.07) is 8.40. The van der Waals surface area contributed by atoms with Crippen LogP contribution in [0.3, 0.4) is 0 Å². The van der Waals surface area contributed by atoms with Crippen LogP contribution in [-0.2, 0) is 4.74 Å². The smallest absolute Gasteiger partial charge is 0.339 e. The van der Waals surface area contributed by atoms with E-state index in [1.807, 2.05) is 0 Å². The predicted octanol–water partition coefficient (Wildman–Crippen LogP) is 1.81. The Labute approximate surface area is 120 Å². The quantitative estimate of drug-likeness (QED) is 0.673. The Balaban J connectivity index is 1.73. The van der Waals surface area contributed by atoms with Crippen LogP contribution in [0.4, 0.5) is 4.39 Å². The SMILES string of the molecule is O=C(NCCOC(=O)c1cccnc1)c1ccc(F)cc1. The first kappa shape index (κ1) is 14.6. The minimum absolute atomic E-state index is 0.0423. The van der Waals surface area contributed by atoms with Gasteiger partial charge in [0.2, 0.25) is 0 Å². The maximum absolute atomic E-state index is 12.7. The number of benzene rings is 1. The number of hydrogen-bond acceptors (Lipinski definition) is 4. The standard InChI is InChI=1S/C15H13FN2O3/c16-13-5-3-11(4-6-13)14(19)18-8-9-21-15(20)12-2-1-7-17-10-12/h1-7,10H,8-9H2,(H,18,19). The number of aromatic nitrogens is 1. The molecule has 5 nitrogen and oxygen atoms in total. The van der Waals surface area contributed by atoms with Crippen molar-refractivity contribution in [1.29, 1.82) is 0 Å². The number of ether oxygens (including phenoxy) is 1. The topological polar surface area (TPSA) is 68.3 Å². The summed E-state index contributed by atoms with van der Waals surface area (Å²) in [6.45, 7) is 0.211. The fourth-order valence-electron chi connectivity index (χ4n) is 1.58. The first-order valence-electron chi connectivity index (χ1n) is 6.28. The van der Waals surface area contributed by atoms with Gasteiger partial charge in [0.25, 0.3) is 5.91 Å². The molecule has 0 atom stereocenters. The summed E-state index contributed by atoms with van der Waals surface area (Å²) in [5, 5.41) is 2.57. The maximum Gasteiger partial charge on any atom is 0.339 e. The molecule has 0 saturated carbocycles. The summed E-state index contributed by atoms with van der Waals surface area (Å²) in [6.07, 6.45) is 2.96. The minimum atomic E-state index is -0.501. The zero-order valence-electron chi connectivity index (χ0n) is 11.1. The number of nitrogens with one attached hydrogen (secondary N) is 1. The molecule has 0 unspecified atom stereocenters. The van der Waals surface area contributed by atoms with Crippen LogP contribution in [0.5, 0.6) is 0 Å². The molecule has 2 aromatic rings. The van der Waals surface area contributed by atoms with Gasteiger partial charge in [-0.1, -0.05) is 0 Å². The highest BCUT2D eigenvalue weighted by molar-refractivity contribution is 5.94. The zero-order valence-corrected chi connectivity index (χ0v) is 11.1. The van der Waals surface area contributed by atoms with Gasteiger partial charge in [0.15, 0.2) is 0 Å². The van der Waals surface area contributed by atoms with E-state index in [4.69, 9.17) is 4.74 Å². The van der Waals surface area contributed by atoms with Gasteiger partial charge in [0.05, 0.1) is 12.1 Å². The van der Waals surface area contributed by atoms with E-state index in [1.165, 1.54) is 30.5 Å². The Morgan fingerprint density at radius 2 is 1.90 bits per heavy atom. The van der Waals surface area contributed by atoms with Gasteiger partial charge in [-0.3, -0.25) is 9.78 Å². The highest BCUT2D eigenvalue weighted by atomic mass is 19.1. The van der Waals surface area contributed by atoms with Gasteiger partial charge in [-0.15, -0.1) is 0 Å². The fraction of sp³-hybridized carbons (Fsp3) is 0.133. The van der Waals surface area contributed by atoms with Crippen molar-refractivity contribution >= 4 is 11.9 Å². The van der Waals surface area contributed by atoms with E-state index in [1.54, 1.807) is 18.3 Å². The lowest BCUT2D eigenvalue weighted by Crippen LogP contribution is -2.28. The van der Waals surface area contributed by atoms with E-state index < -0.39 is 11.8 Å². The van der Waals surface area contributed by atoms with Crippen LogP contribution in [0.1, 0.15) is 20.7 Å². The number of hydrogen-bond donors (Lipinski definition) is 1. The Morgan fingerprint density at radius 3 is 2.57 bits per heavy atom. The summed E-state index contributed by atoms with van der Waals surface area (Å²) in [7, 11) is 0. The van der Waals surface area contributed by atoms with E-state index in [2.05, 4.69) is 10.3 Å². The number of pyridine rings is 1. The first-order chi connectivity index (χ1) is 10.2. The van der Waals surface area contributed by atoms with Crippen LogP contribution >= 0.6 is 0 Å². The van der Waals surface area contributed by atoms with Crippen molar-refractivity contribution in [3.05, 3.63) is 65.7 Å². The third-order valence-electron chi connectivity index (χ3n) is 2.62. The third-order valence-corrected chi connectivity index (χ3v) is 2.62. The largest absolute Gasteiger partial charge is 0.460 e. The minimum Gasteiger partial charge on any atom is -0.460 e. The average Bonchev–Trinajstić information content (AvgIpc) is 2.52. The monoisotopic (exact) mass is 288 g/mol. The normalized spacial score (nSPS) is 9.95. The number of halogens is 1. The molecule has 0 aliphatic heterocycles. The van der Waals surface area contributed by atoms with Gasteiger partial charge in [-0.25, -0.2) is 9.18 Å². The van der Waals surface area contributed by atoms with E-state index >= 15 is 0 Å². The molecule has 1 heterocycles. The number of amides is 1. The van der Waals surface area contributed by atoms with E-state index in [0.29, 0.717) is 11.1 Å². The lowest BCUT2D eigenvalue weighted by Gasteiger charge is -2.06. The molecule has 0 bridgehead atoms. The number of esters is 1. The molecule has 2 rings (SSSR count). The third kappa shape index (κ3) is 4.38. The van der Waals surface area contributed by atoms with Gasteiger partial charge >= 0.3 is 5.97 Å². The van der Waals surface area contributed by atoms with Gasteiger partial charge in [-0.05, 0) is 36.4 Å². The Kier molecular flexibility index (Phi) is 4.98. The van der Waals surface area contributed by atoms with Crippen LogP contribution in [0.25, 0.3) is 0 Å². The van der Waals surface area contributed by atoms with Crippen LogP contribution in [0, 0.1) is 5.82 Å². The molecular weight excluding hydrogens is 275 g/mol. The Bertz CT molecular complexity index is 615. The highest BCUT2D eigenvalue weighted by Gasteiger charge is 2.08.